The van der Waals surface area contributed by atoms with Gasteiger partial charge in [-0.25, -0.2) is 0 Å². The van der Waals surface area contributed by atoms with Crippen LogP contribution in [0.5, 0.6) is 5.75 Å². The topological polar surface area (TPSA) is 41.9 Å². The van der Waals surface area contributed by atoms with Crippen molar-refractivity contribution in [2.75, 3.05) is 31.7 Å². The van der Waals surface area contributed by atoms with Crippen molar-refractivity contribution in [3.05, 3.63) is 23.8 Å². The molecule has 4 heteroatoms. The van der Waals surface area contributed by atoms with Gasteiger partial charge in [0.25, 0.3) is 0 Å². The minimum atomic E-state index is -0.497. The molecule has 1 atom stereocenters. The van der Waals surface area contributed by atoms with Gasteiger partial charge in [-0.05, 0) is 44.5 Å². The molecule has 4 nitrogen and oxygen atoms in total. The van der Waals surface area contributed by atoms with Crippen molar-refractivity contribution >= 4 is 5.69 Å². The Hall–Kier alpha value is -1.26. The summed E-state index contributed by atoms with van der Waals surface area (Å²) in [5.41, 5.74) is 2.13. The lowest BCUT2D eigenvalue weighted by molar-refractivity contribution is -0.0461. The van der Waals surface area contributed by atoms with Crippen molar-refractivity contribution in [2.45, 2.75) is 38.9 Å². The minimum absolute atomic E-state index is 0.218. The fraction of sp³-hybridized carbons (Fsp3) is 0.625. The molecule has 1 N–H and O–H groups in total. The minimum Gasteiger partial charge on any atom is -0.493 e. The third kappa shape index (κ3) is 4.12. The van der Waals surface area contributed by atoms with Crippen LogP contribution < -0.4 is 9.64 Å². The second-order valence-electron chi connectivity index (χ2n) is 6.35. The van der Waals surface area contributed by atoms with Crippen LogP contribution in [0.1, 0.15) is 26.3 Å². The van der Waals surface area contributed by atoms with E-state index in [9.17, 15) is 5.11 Å². The summed E-state index contributed by atoms with van der Waals surface area (Å²) in [5.74, 6) is 0.985. The van der Waals surface area contributed by atoms with E-state index >= 15 is 0 Å². The first kappa shape index (κ1) is 15.1. The molecule has 0 saturated carbocycles. The summed E-state index contributed by atoms with van der Waals surface area (Å²) in [5, 5.41) is 10.0. The summed E-state index contributed by atoms with van der Waals surface area (Å²) in [6, 6.07) is 6.17. The molecule has 1 aliphatic rings. The number of hydrogen-bond acceptors (Lipinski definition) is 4. The van der Waals surface area contributed by atoms with Crippen LogP contribution in [0.2, 0.25) is 0 Å². The predicted octanol–water partition coefficient (Wildman–Crippen LogP) is 2.23. The molecule has 1 unspecified atom stereocenters. The quantitative estimate of drug-likeness (QED) is 0.897. The Labute approximate surface area is 121 Å². The zero-order valence-electron chi connectivity index (χ0n) is 12.8. The molecule has 0 aliphatic carbocycles. The van der Waals surface area contributed by atoms with Crippen LogP contribution in [0.4, 0.5) is 5.69 Å². The van der Waals surface area contributed by atoms with E-state index in [0.29, 0.717) is 13.2 Å². The van der Waals surface area contributed by atoms with Crippen LogP contribution in [0, 0.1) is 0 Å². The van der Waals surface area contributed by atoms with Crippen molar-refractivity contribution in [1.29, 1.82) is 0 Å². The third-order valence-electron chi connectivity index (χ3n) is 3.31. The fourth-order valence-electron chi connectivity index (χ4n) is 2.23. The number of hydrogen-bond donors (Lipinski definition) is 1. The molecule has 2 rings (SSSR count). The highest BCUT2D eigenvalue weighted by atomic mass is 16.5. The molecule has 0 amide bonds. The van der Waals surface area contributed by atoms with E-state index in [1.807, 2.05) is 40.0 Å². The van der Waals surface area contributed by atoms with Crippen LogP contribution in [0.3, 0.4) is 0 Å². The van der Waals surface area contributed by atoms with Crippen molar-refractivity contribution in [3.8, 4) is 5.75 Å². The number of ether oxygens (including phenoxy) is 2. The van der Waals surface area contributed by atoms with Gasteiger partial charge in [-0.2, -0.15) is 0 Å². The van der Waals surface area contributed by atoms with Gasteiger partial charge in [0.2, 0.25) is 0 Å². The zero-order chi connectivity index (χ0) is 14.8. The van der Waals surface area contributed by atoms with Gasteiger partial charge in [-0.3, -0.25) is 0 Å². The Morgan fingerprint density at radius 2 is 2.15 bits per heavy atom. The molecule has 0 radical (unpaired) electrons. The van der Waals surface area contributed by atoms with Crippen LogP contribution in [0.15, 0.2) is 18.2 Å². The second-order valence-corrected chi connectivity index (χ2v) is 6.35. The van der Waals surface area contributed by atoms with Crippen molar-refractivity contribution in [2.24, 2.45) is 0 Å². The predicted molar refractivity (Wildman–Crippen MR) is 80.6 cm³/mol. The molecule has 0 saturated heterocycles. The number of benzene rings is 1. The molecule has 0 bridgehead atoms. The van der Waals surface area contributed by atoms with Gasteiger partial charge in [-0.1, -0.05) is 0 Å². The highest BCUT2D eigenvalue weighted by Crippen LogP contribution is 2.29. The maximum atomic E-state index is 10.0. The van der Waals surface area contributed by atoms with Gasteiger partial charge >= 0.3 is 0 Å². The lowest BCUT2D eigenvalue weighted by atomic mass is 10.1. The van der Waals surface area contributed by atoms with E-state index in [2.05, 4.69) is 11.0 Å². The van der Waals surface area contributed by atoms with Crippen LogP contribution in [0.25, 0.3) is 0 Å². The number of aliphatic hydroxyl groups excluding tert-OH is 1. The summed E-state index contributed by atoms with van der Waals surface area (Å²) in [7, 11) is 1.98. The second kappa shape index (κ2) is 6.02. The number of nitrogens with zero attached hydrogens (tertiary/aromatic N) is 1. The first-order chi connectivity index (χ1) is 9.35. The molecular formula is C16H25NO3. The lowest BCUT2D eigenvalue weighted by Gasteiger charge is -2.26. The molecule has 1 aliphatic heterocycles. The molecule has 112 valence electrons. The van der Waals surface area contributed by atoms with Crippen LogP contribution in [-0.4, -0.2) is 43.6 Å². The molecule has 0 aromatic heterocycles. The average Bonchev–Trinajstić information content (AvgIpc) is 2.82. The Morgan fingerprint density at radius 1 is 1.40 bits per heavy atom. The van der Waals surface area contributed by atoms with Gasteiger partial charge in [0.15, 0.2) is 0 Å². The normalized spacial score (nSPS) is 15.7. The number of anilines is 1. The molecule has 1 aromatic rings. The largest absolute Gasteiger partial charge is 0.493 e. The standard InChI is InChI=1S/C16H25NO3/c1-16(2,3)20-11-14(18)10-17(4)13-5-6-15-12(9-13)7-8-19-15/h5-6,9,14,18H,7-8,10-11H2,1-4H3. The first-order valence-corrected chi connectivity index (χ1v) is 7.14. The summed E-state index contributed by atoms with van der Waals surface area (Å²) in [4.78, 5) is 2.05. The monoisotopic (exact) mass is 279 g/mol. The first-order valence-electron chi connectivity index (χ1n) is 7.14. The maximum absolute atomic E-state index is 10.0. The number of aliphatic hydroxyl groups is 1. The summed E-state index contributed by atoms with van der Waals surface area (Å²) in [6.07, 6.45) is 0.468. The fourth-order valence-corrected chi connectivity index (χ4v) is 2.23. The molecular weight excluding hydrogens is 254 g/mol. The van der Waals surface area contributed by atoms with E-state index in [4.69, 9.17) is 9.47 Å². The Bertz CT molecular complexity index is 454. The van der Waals surface area contributed by atoms with E-state index in [1.165, 1.54) is 5.56 Å². The molecule has 0 spiro atoms. The summed E-state index contributed by atoms with van der Waals surface area (Å²) >= 11 is 0. The SMILES string of the molecule is CN(CC(O)COC(C)(C)C)c1ccc2c(c1)CCO2. The highest BCUT2D eigenvalue weighted by molar-refractivity contribution is 5.53. The van der Waals surface area contributed by atoms with Crippen molar-refractivity contribution in [3.63, 3.8) is 0 Å². The number of likely N-dealkylation sites (N-methyl/N-ethyl adjacent to an activating group) is 1. The molecule has 0 fully saturated rings. The molecule has 20 heavy (non-hydrogen) atoms. The van der Waals surface area contributed by atoms with E-state index in [1.54, 1.807) is 0 Å². The third-order valence-corrected chi connectivity index (χ3v) is 3.31. The lowest BCUT2D eigenvalue weighted by Crippen LogP contribution is -2.35. The van der Waals surface area contributed by atoms with E-state index in [0.717, 1.165) is 24.5 Å². The van der Waals surface area contributed by atoms with E-state index in [-0.39, 0.29) is 5.60 Å². The van der Waals surface area contributed by atoms with Crippen LogP contribution in [-0.2, 0) is 11.2 Å². The number of fused-ring (bicyclic) bond motifs is 1. The zero-order valence-corrected chi connectivity index (χ0v) is 12.8. The Kier molecular flexibility index (Phi) is 4.55. The average molecular weight is 279 g/mol. The molecule has 1 aromatic carbocycles. The number of rotatable bonds is 5. The van der Waals surface area contributed by atoms with Crippen molar-refractivity contribution in [1.82, 2.24) is 0 Å². The van der Waals surface area contributed by atoms with Crippen molar-refractivity contribution < 1.29 is 14.6 Å². The summed E-state index contributed by atoms with van der Waals surface area (Å²) in [6.45, 7) is 7.64. The molecule has 1 heterocycles. The van der Waals surface area contributed by atoms with Crippen LogP contribution >= 0.6 is 0 Å². The van der Waals surface area contributed by atoms with Gasteiger partial charge in [0.1, 0.15) is 5.75 Å². The Morgan fingerprint density at radius 3 is 2.85 bits per heavy atom. The maximum Gasteiger partial charge on any atom is 0.122 e. The van der Waals surface area contributed by atoms with E-state index < -0.39 is 6.10 Å². The highest BCUT2D eigenvalue weighted by Gasteiger charge is 2.17. The van der Waals surface area contributed by atoms with Gasteiger partial charge in [0, 0.05) is 25.7 Å². The van der Waals surface area contributed by atoms with Gasteiger partial charge in [-0.15, -0.1) is 0 Å². The smallest absolute Gasteiger partial charge is 0.122 e. The summed E-state index contributed by atoms with van der Waals surface area (Å²) < 4.78 is 11.1. The van der Waals surface area contributed by atoms with Gasteiger partial charge < -0.3 is 19.5 Å². The van der Waals surface area contributed by atoms with Gasteiger partial charge in [0.05, 0.1) is 24.9 Å². The Balaban J connectivity index is 1.89.